The molecule has 0 aliphatic heterocycles. The van der Waals surface area contributed by atoms with Crippen molar-refractivity contribution in [1.82, 2.24) is 0 Å². The molecule has 88 valence electrons. The highest BCUT2D eigenvalue weighted by Gasteiger charge is 2.35. The molecule has 17 heavy (non-hydrogen) atoms. The Hall–Kier alpha value is -1.41. The van der Waals surface area contributed by atoms with Crippen LogP contribution in [0.3, 0.4) is 0 Å². The summed E-state index contributed by atoms with van der Waals surface area (Å²) in [6.45, 7) is 0. The molecule has 0 spiro atoms. The third-order valence-electron chi connectivity index (χ3n) is 3.80. The van der Waals surface area contributed by atoms with E-state index < -0.39 is 5.60 Å². The van der Waals surface area contributed by atoms with Crippen molar-refractivity contribution in [2.75, 3.05) is 0 Å². The molecule has 0 saturated heterocycles. The van der Waals surface area contributed by atoms with Crippen LogP contribution in [0.15, 0.2) is 36.4 Å². The standard InChI is InChI=1S/C15H15FO/c16-14-12-6-2-1-5-11(12)7-8-13(14)15(17)9-3-4-10-15/h1-2,5-8,17H,3-4,9-10H2. The third kappa shape index (κ3) is 1.64. The molecular weight excluding hydrogens is 215 g/mol. The summed E-state index contributed by atoms with van der Waals surface area (Å²) < 4.78 is 14.4. The van der Waals surface area contributed by atoms with Crippen molar-refractivity contribution < 1.29 is 9.50 Å². The average Bonchev–Trinajstić information content (AvgIpc) is 2.78. The summed E-state index contributed by atoms with van der Waals surface area (Å²) in [5.41, 5.74) is -0.484. The molecule has 2 aromatic rings. The molecule has 1 saturated carbocycles. The molecule has 1 fully saturated rings. The van der Waals surface area contributed by atoms with Crippen LogP contribution in [-0.2, 0) is 5.60 Å². The summed E-state index contributed by atoms with van der Waals surface area (Å²) in [7, 11) is 0. The van der Waals surface area contributed by atoms with E-state index in [1.807, 2.05) is 24.3 Å². The molecule has 2 heteroatoms. The maximum absolute atomic E-state index is 14.4. The molecule has 0 radical (unpaired) electrons. The first-order chi connectivity index (χ1) is 8.21. The molecule has 1 nitrogen and oxygen atoms in total. The predicted octanol–water partition coefficient (Wildman–Crippen LogP) is 3.74. The number of rotatable bonds is 1. The largest absolute Gasteiger partial charge is 0.385 e. The average molecular weight is 230 g/mol. The van der Waals surface area contributed by atoms with E-state index in [1.165, 1.54) is 0 Å². The fraction of sp³-hybridized carbons (Fsp3) is 0.333. The molecule has 1 aliphatic carbocycles. The van der Waals surface area contributed by atoms with Crippen molar-refractivity contribution >= 4 is 10.8 Å². The third-order valence-corrected chi connectivity index (χ3v) is 3.80. The zero-order valence-electron chi connectivity index (χ0n) is 9.62. The van der Waals surface area contributed by atoms with Crippen molar-refractivity contribution in [1.29, 1.82) is 0 Å². The van der Waals surface area contributed by atoms with Crippen LogP contribution < -0.4 is 0 Å². The van der Waals surface area contributed by atoms with Crippen LogP contribution in [-0.4, -0.2) is 5.11 Å². The fourth-order valence-electron chi connectivity index (χ4n) is 2.82. The Morgan fingerprint density at radius 3 is 2.47 bits per heavy atom. The number of benzene rings is 2. The van der Waals surface area contributed by atoms with Gasteiger partial charge in [-0.3, -0.25) is 0 Å². The zero-order valence-corrected chi connectivity index (χ0v) is 9.62. The second kappa shape index (κ2) is 3.81. The topological polar surface area (TPSA) is 20.2 Å². The molecule has 0 atom stereocenters. The lowest BCUT2D eigenvalue weighted by Gasteiger charge is -2.23. The van der Waals surface area contributed by atoms with Gasteiger partial charge in [-0.05, 0) is 18.2 Å². The highest BCUT2D eigenvalue weighted by atomic mass is 19.1. The molecule has 0 heterocycles. The van der Waals surface area contributed by atoms with E-state index >= 15 is 0 Å². The van der Waals surface area contributed by atoms with Crippen LogP contribution in [0.4, 0.5) is 4.39 Å². The summed E-state index contributed by atoms with van der Waals surface area (Å²) in [6, 6.07) is 11.0. The summed E-state index contributed by atoms with van der Waals surface area (Å²) >= 11 is 0. The predicted molar refractivity (Wildman–Crippen MR) is 66.3 cm³/mol. The van der Waals surface area contributed by atoms with Gasteiger partial charge >= 0.3 is 0 Å². The van der Waals surface area contributed by atoms with Crippen molar-refractivity contribution in [2.24, 2.45) is 0 Å². The second-order valence-electron chi connectivity index (χ2n) is 4.89. The van der Waals surface area contributed by atoms with Crippen molar-refractivity contribution in [3.63, 3.8) is 0 Å². The van der Waals surface area contributed by atoms with E-state index in [0.29, 0.717) is 23.8 Å². The fourth-order valence-corrected chi connectivity index (χ4v) is 2.82. The maximum atomic E-state index is 14.4. The van der Waals surface area contributed by atoms with Crippen molar-refractivity contribution in [3.05, 3.63) is 47.8 Å². The molecule has 0 aromatic heterocycles. The normalized spacial score (nSPS) is 18.7. The SMILES string of the molecule is OC1(c2ccc3ccccc3c2F)CCCC1. The van der Waals surface area contributed by atoms with Gasteiger partial charge in [-0.1, -0.05) is 49.2 Å². The summed E-state index contributed by atoms with van der Waals surface area (Å²) in [5.74, 6) is -0.257. The van der Waals surface area contributed by atoms with Crippen LogP contribution in [0.25, 0.3) is 10.8 Å². The van der Waals surface area contributed by atoms with E-state index in [1.54, 1.807) is 12.1 Å². The maximum Gasteiger partial charge on any atom is 0.137 e. The molecule has 0 unspecified atom stereocenters. The lowest BCUT2D eigenvalue weighted by atomic mass is 9.90. The molecule has 1 N–H and O–H groups in total. The highest BCUT2D eigenvalue weighted by Crippen LogP contribution is 2.40. The van der Waals surface area contributed by atoms with Crippen LogP contribution in [0.1, 0.15) is 31.2 Å². The first kappa shape index (κ1) is 10.7. The Morgan fingerprint density at radius 1 is 1.00 bits per heavy atom. The van der Waals surface area contributed by atoms with Gasteiger partial charge in [0.15, 0.2) is 0 Å². The Morgan fingerprint density at radius 2 is 1.71 bits per heavy atom. The monoisotopic (exact) mass is 230 g/mol. The number of hydrogen-bond donors (Lipinski definition) is 1. The molecular formula is C15H15FO. The number of hydrogen-bond acceptors (Lipinski definition) is 1. The van der Waals surface area contributed by atoms with E-state index in [2.05, 4.69) is 0 Å². The van der Waals surface area contributed by atoms with Gasteiger partial charge in [0.2, 0.25) is 0 Å². The summed E-state index contributed by atoms with van der Waals surface area (Å²) in [6.07, 6.45) is 3.29. The molecule has 0 amide bonds. The lowest BCUT2D eigenvalue weighted by Crippen LogP contribution is -2.22. The van der Waals surface area contributed by atoms with Gasteiger partial charge in [-0.25, -0.2) is 4.39 Å². The van der Waals surface area contributed by atoms with Gasteiger partial charge in [0, 0.05) is 10.9 Å². The Balaban J connectivity index is 2.21. The first-order valence-electron chi connectivity index (χ1n) is 6.11. The number of halogens is 1. The van der Waals surface area contributed by atoms with E-state index in [4.69, 9.17) is 0 Å². The number of aliphatic hydroxyl groups is 1. The van der Waals surface area contributed by atoms with Crippen molar-refractivity contribution in [2.45, 2.75) is 31.3 Å². The number of fused-ring (bicyclic) bond motifs is 1. The Kier molecular flexibility index (Phi) is 2.40. The van der Waals surface area contributed by atoms with Crippen LogP contribution >= 0.6 is 0 Å². The molecule has 2 aromatic carbocycles. The van der Waals surface area contributed by atoms with Gasteiger partial charge < -0.3 is 5.11 Å². The van der Waals surface area contributed by atoms with Gasteiger partial charge in [0.05, 0.1) is 5.60 Å². The minimum Gasteiger partial charge on any atom is -0.385 e. The van der Waals surface area contributed by atoms with Crippen molar-refractivity contribution in [3.8, 4) is 0 Å². The van der Waals surface area contributed by atoms with Gasteiger partial charge in [-0.2, -0.15) is 0 Å². The van der Waals surface area contributed by atoms with Gasteiger partial charge in [0.1, 0.15) is 5.82 Å². The second-order valence-corrected chi connectivity index (χ2v) is 4.89. The van der Waals surface area contributed by atoms with Crippen LogP contribution in [0.2, 0.25) is 0 Å². The van der Waals surface area contributed by atoms with Crippen LogP contribution in [0.5, 0.6) is 0 Å². The zero-order chi connectivity index (χ0) is 11.9. The highest BCUT2D eigenvalue weighted by molar-refractivity contribution is 5.84. The van der Waals surface area contributed by atoms with E-state index in [0.717, 1.165) is 18.2 Å². The molecule has 3 rings (SSSR count). The smallest absolute Gasteiger partial charge is 0.137 e. The minimum atomic E-state index is -0.950. The molecule has 0 bridgehead atoms. The Bertz CT molecular complexity index is 556. The minimum absolute atomic E-state index is 0.257. The van der Waals surface area contributed by atoms with E-state index in [9.17, 15) is 9.50 Å². The summed E-state index contributed by atoms with van der Waals surface area (Å²) in [5, 5.41) is 11.9. The first-order valence-corrected chi connectivity index (χ1v) is 6.11. The van der Waals surface area contributed by atoms with E-state index in [-0.39, 0.29) is 5.82 Å². The lowest BCUT2D eigenvalue weighted by molar-refractivity contribution is 0.0410. The van der Waals surface area contributed by atoms with Crippen LogP contribution in [0, 0.1) is 5.82 Å². The van der Waals surface area contributed by atoms with Gasteiger partial charge in [-0.15, -0.1) is 0 Å². The summed E-state index contributed by atoms with van der Waals surface area (Å²) in [4.78, 5) is 0. The molecule has 1 aliphatic rings. The quantitative estimate of drug-likeness (QED) is 0.791. The Labute approximate surface area is 99.9 Å². The van der Waals surface area contributed by atoms with Gasteiger partial charge in [0.25, 0.3) is 0 Å².